The van der Waals surface area contributed by atoms with Gasteiger partial charge in [0.05, 0.1) is 12.6 Å². The van der Waals surface area contributed by atoms with Crippen molar-refractivity contribution in [3.63, 3.8) is 0 Å². The highest BCUT2D eigenvalue weighted by atomic mass is 35.5. The molecule has 26 heavy (non-hydrogen) atoms. The second-order valence-corrected chi connectivity index (χ2v) is 6.44. The lowest BCUT2D eigenvalue weighted by molar-refractivity contribution is -0.119. The van der Waals surface area contributed by atoms with Crippen molar-refractivity contribution in [3.05, 3.63) is 64.3 Å². The topological polar surface area (TPSA) is 60.3 Å². The van der Waals surface area contributed by atoms with E-state index < -0.39 is 0 Å². The normalized spacial score (nSPS) is 10.8. The van der Waals surface area contributed by atoms with E-state index >= 15 is 0 Å². The molecule has 0 unspecified atom stereocenters. The van der Waals surface area contributed by atoms with E-state index in [0.717, 1.165) is 22.2 Å². The van der Waals surface area contributed by atoms with Crippen LogP contribution in [-0.4, -0.2) is 23.5 Å². The highest BCUT2D eigenvalue weighted by Crippen LogP contribution is 2.30. The minimum atomic E-state index is -0.150. The van der Waals surface area contributed by atoms with Gasteiger partial charge in [-0.25, -0.2) is 0 Å². The Morgan fingerprint density at radius 1 is 1.15 bits per heavy atom. The van der Waals surface area contributed by atoms with Crippen LogP contribution < -0.4 is 10.1 Å². The number of nitrogens with zero attached hydrogens (tertiary/aromatic N) is 1. The number of carbonyl (C=O) groups is 2. The molecule has 0 fully saturated rings. The number of carbonyl (C=O) groups excluding carboxylic acids is 2. The highest BCUT2D eigenvalue weighted by molar-refractivity contribution is 6.30. The zero-order chi connectivity index (χ0) is 18.8. The molecule has 1 amide bonds. The number of nitrogens with one attached hydrogen (secondary N) is 1. The monoisotopic (exact) mass is 370 g/mol. The van der Waals surface area contributed by atoms with Gasteiger partial charge in [0, 0.05) is 40.7 Å². The molecule has 0 spiro atoms. The van der Waals surface area contributed by atoms with Gasteiger partial charge in [-0.3, -0.25) is 14.2 Å². The number of amides is 1. The molecule has 6 heteroatoms. The predicted octanol–water partition coefficient (Wildman–Crippen LogP) is 3.94. The van der Waals surface area contributed by atoms with Crippen LogP contribution in [0.1, 0.15) is 28.5 Å². The summed E-state index contributed by atoms with van der Waals surface area (Å²) in [7, 11) is 1.59. The standard InChI is InChI=1S/C20H19ClN2O3/c1-12-18(11-22-13(2)24)17-10-16(26-3)8-9-19(17)23(12)20(25)14-4-6-15(21)7-5-14/h4-10H,11H2,1-3H3,(H,22,24). The summed E-state index contributed by atoms with van der Waals surface area (Å²) in [4.78, 5) is 24.5. The third-order valence-corrected chi connectivity index (χ3v) is 4.60. The molecule has 0 saturated carbocycles. The summed E-state index contributed by atoms with van der Waals surface area (Å²) in [6.07, 6.45) is 0. The van der Waals surface area contributed by atoms with Crippen molar-refractivity contribution in [2.24, 2.45) is 0 Å². The molecule has 1 heterocycles. The molecule has 0 saturated heterocycles. The molecular formula is C20H19ClN2O3. The molecule has 1 aromatic heterocycles. The van der Waals surface area contributed by atoms with Crippen molar-refractivity contribution in [3.8, 4) is 5.75 Å². The summed E-state index contributed by atoms with van der Waals surface area (Å²) < 4.78 is 6.98. The van der Waals surface area contributed by atoms with Gasteiger partial charge < -0.3 is 10.1 Å². The lowest BCUT2D eigenvalue weighted by atomic mass is 10.1. The first-order valence-electron chi connectivity index (χ1n) is 8.15. The summed E-state index contributed by atoms with van der Waals surface area (Å²) >= 11 is 5.92. The third-order valence-electron chi connectivity index (χ3n) is 4.35. The molecule has 3 aromatic rings. The molecular weight excluding hydrogens is 352 g/mol. The van der Waals surface area contributed by atoms with Crippen LogP contribution in [0.25, 0.3) is 10.9 Å². The molecule has 2 aromatic carbocycles. The molecule has 0 aliphatic carbocycles. The van der Waals surface area contributed by atoms with Gasteiger partial charge in [0.15, 0.2) is 0 Å². The number of benzene rings is 2. The van der Waals surface area contributed by atoms with E-state index in [2.05, 4.69) is 5.32 Å². The van der Waals surface area contributed by atoms with E-state index in [0.29, 0.717) is 22.9 Å². The maximum atomic E-state index is 13.1. The Kier molecular flexibility index (Phi) is 5.00. The number of rotatable bonds is 4. The molecule has 0 radical (unpaired) electrons. The molecule has 134 valence electrons. The molecule has 0 atom stereocenters. The molecule has 3 rings (SSSR count). The van der Waals surface area contributed by atoms with Crippen LogP contribution in [0.2, 0.25) is 5.02 Å². The van der Waals surface area contributed by atoms with Crippen LogP contribution >= 0.6 is 11.6 Å². The average molecular weight is 371 g/mol. The number of fused-ring (bicyclic) bond motifs is 1. The summed E-state index contributed by atoms with van der Waals surface area (Å²) in [6, 6.07) is 12.3. The van der Waals surface area contributed by atoms with Gasteiger partial charge in [0.1, 0.15) is 5.75 Å². The number of aromatic nitrogens is 1. The lowest BCUT2D eigenvalue weighted by Crippen LogP contribution is -2.20. The third kappa shape index (κ3) is 3.30. The van der Waals surface area contributed by atoms with Crippen molar-refractivity contribution >= 4 is 34.3 Å². The molecule has 0 aliphatic heterocycles. The van der Waals surface area contributed by atoms with Gasteiger partial charge in [-0.2, -0.15) is 0 Å². The van der Waals surface area contributed by atoms with Crippen LogP contribution in [0.4, 0.5) is 0 Å². The average Bonchev–Trinajstić information content (AvgIpc) is 2.90. The van der Waals surface area contributed by atoms with Crippen molar-refractivity contribution in [2.45, 2.75) is 20.4 Å². The first kappa shape index (κ1) is 18.0. The lowest BCUT2D eigenvalue weighted by Gasteiger charge is -2.08. The Bertz CT molecular complexity index is 990. The largest absolute Gasteiger partial charge is 0.497 e. The van der Waals surface area contributed by atoms with Gasteiger partial charge in [-0.1, -0.05) is 11.6 Å². The minimum absolute atomic E-state index is 0.128. The van der Waals surface area contributed by atoms with E-state index in [1.807, 2.05) is 25.1 Å². The molecule has 5 nitrogen and oxygen atoms in total. The Morgan fingerprint density at radius 2 is 1.85 bits per heavy atom. The summed E-state index contributed by atoms with van der Waals surface area (Å²) in [6.45, 7) is 3.68. The number of methoxy groups -OCH3 is 1. The second-order valence-electron chi connectivity index (χ2n) is 6.00. The van der Waals surface area contributed by atoms with Crippen molar-refractivity contribution in [1.82, 2.24) is 9.88 Å². The molecule has 1 N–H and O–H groups in total. The zero-order valence-electron chi connectivity index (χ0n) is 14.8. The number of halogens is 1. The maximum absolute atomic E-state index is 13.1. The zero-order valence-corrected chi connectivity index (χ0v) is 15.6. The Labute approximate surface area is 156 Å². The van der Waals surface area contributed by atoms with Crippen molar-refractivity contribution in [2.75, 3.05) is 7.11 Å². The van der Waals surface area contributed by atoms with Crippen LogP contribution in [-0.2, 0) is 11.3 Å². The van der Waals surface area contributed by atoms with Gasteiger partial charge in [0.25, 0.3) is 5.91 Å². The quantitative estimate of drug-likeness (QED) is 0.756. The van der Waals surface area contributed by atoms with Gasteiger partial charge >= 0.3 is 0 Å². The first-order valence-corrected chi connectivity index (χ1v) is 8.52. The van der Waals surface area contributed by atoms with Gasteiger partial charge in [-0.05, 0) is 49.4 Å². The van der Waals surface area contributed by atoms with Crippen molar-refractivity contribution < 1.29 is 14.3 Å². The second kappa shape index (κ2) is 7.22. The number of hydrogen-bond donors (Lipinski definition) is 1. The fourth-order valence-electron chi connectivity index (χ4n) is 3.01. The number of hydrogen-bond acceptors (Lipinski definition) is 3. The Morgan fingerprint density at radius 3 is 2.46 bits per heavy atom. The maximum Gasteiger partial charge on any atom is 0.262 e. The van der Waals surface area contributed by atoms with Crippen molar-refractivity contribution in [1.29, 1.82) is 0 Å². The predicted molar refractivity (Wildman–Crippen MR) is 102 cm³/mol. The van der Waals surface area contributed by atoms with Gasteiger partial charge in [0.2, 0.25) is 5.91 Å². The Hall–Kier alpha value is -2.79. The SMILES string of the molecule is COc1ccc2c(c1)c(CNC(C)=O)c(C)n2C(=O)c1ccc(Cl)cc1. The van der Waals surface area contributed by atoms with Crippen LogP contribution in [0.5, 0.6) is 5.75 Å². The van der Waals surface area contributed by atoms with Crippen LogP contribution in [0.3, 0.4) is 0 Å². The Balaban J connectivity index is 2.18. The van der Waals surface area contributed by atoms with E-state index in [1.54, 1.807) is 35.9 Å². The van der Waals surface area contributed by atoms with E-state index in [4.69, 9.17) is 16.3 Å². The summed E-state index contributed by atoms with van der Waals surface area (Å²) in [5.74, 6) is 0.415. The first-order chi connectivity index (χ1) is 12.4. The minimum Gasteiger partial charge on any atom is -0.497 e. The molecule has 0 aliphatic rings. The summed E-state index contributed by atoms with van der Waals surface area (Å²) in [5, 5.41) is 4.26. The van der Waals surface area contributed by atoms with Gasteiger partial charge in [-0.15, -0.1) is 0 Å². The van der Waals surface area contributed by atoms with Crippen LogP contribution in [0, 0.1) is 6.92 Å². The van der Waals surface area contributed by atoms with Crippen LogP contribution in [0.15, 0.2) is 42.5 Å². The number of ether oxygens (including phenoxy) is 1. The molecule has 0 bridgehead atoms. The van der Waals surface area contributed by atoms with E-state index in [9.17, 15) is 9.59 Å². The van der Waals surface area contributed by atoms with E-state index in [1.165, 1.54) is 6.92 Å². The fraction of sp³-hybridized carbons (Fsp3) is 0.200. The van der Waals surface area contributed by atoms with E-state index in [-0.39, 0.29) is 11.8 Å². The smallest absolute Gasteiger partial charge is 0.262 e. The summed E-state index contributed by atoms with van der Waals surface area (Å²) in [5.41, 5.74) is 2.97. The highest BCUT2D eigenvalue weighted by Gasteiger charge is 2.20. The fourth-order valence-corrected chi connectivity index (χ4v) is 3.13.